The molecule has 19 heavy (non-hydrogen) atoms. The zero-order valence-corrected chi connectivity index (χ0v) is 11.4. The van der Waals surface area contributed by atoms with Crippen LogP contribution in [-0.4, -0.2) is 23.2 Å². The number of aromatic nitrogens is 2. The molecule has 0 fully saturated rings. The number of benzene rings is 1. The number of nitrogens with zero attached hydrogens (tertiary/aromatic N) is 2. The minimum Gasteiger partial charge on any atom is -0.497 e. The molecular formula is C15H21N3O. The van der Waals surface area contributed by atoms with E-state index in [-0.39, 0.29) is 0 Å². The van der Waals surface area contributed by atoms with E-state index in [2.05, 4.69) is 21.7 Å². The number of methoxy groups -OCH3 is 1. The highest BCUT2D eigenvalue weighted by atomic mass is 16.5. The molecule has 0 saturated heterocycles. The first-order chi connectivity index (χ1) is 9.33. The summed E-state index contributed by atoms with van der Waals surface area (Å²) in [6.45, 7) is 1.67. The van der Waals surface area contributed by atoms with Crippen molar-refractivity contribution >= 4 is 0 Å². The molecule has 0 bridgehead atoms. The van der Waals surface area contributed by atoms with E-state index in [1.807, 2.05) is 24.5 Å². The van der Waals surface area contributed by atoms with E-state index in [1.165, 1.54) is 5.56 Å². The number of aryl methyl sites for hydroxylation is 3. The highest BCUT2D eigenvalue weighted by Crippen LogP contribution is 2.13. The third-order valence-corrected chi connectivity index (χ3v) is 3.20. The summed E-state index contributed by atoms with van der Waals surface area (Å²) in [5.41, 5.74) is 6.84. The summed E-state index contributed by atoms with van der Waals surface area (Å²) in [6.07, 6.45) is 6.82. The lowest BCUT2D eigenvalue weighted by Crippen LogP contribution is -2.09. The van der Waals surface area contributed by atoms with Gasteiger partial charge in [-0.3, -0.25) is 0 Å². The van der Waals surface area contributed by atoms with Gasteiger partial charge in [0, 0.05) is 25.4 Å². The molecule has 0 radical (unpaired) electrons. The Morgan fingerprint density at radius 1 is 1.21 bits per heavy atom. The normalized spacial score (nSPS) is 10.6. The van der Waals surface area contributed by atoms with Gasteiger partial charge in [-0.05, 0) is 37.1 Å². The van der Waals surface area contributed by atoms with Crippen LogP contribution in [0.15, 0.2) is 36.7 Å². The molecule has 2 N–H and O–H groups in total. The van der Waals surface area contributed by atoms with Crippen LogP contribution >= 0.6 is 0 Å². The zero-order chi connectivity index (χ0) is 13.5. The molecule has 0 aliphatic heterocycles. The van der Waals surface area contributed by atoms with Crippen LogP contribution in [-0.2, 0) is 19.4 Å². The number of hydrogen-bond acceptors (Lipinski definition) is 3. The molecule has 1 heterocycles. The van der Waals surface area contributed by atoms with Gasteiger partial charge in [0.2, 0.25) is 0 Å². The molecule has 0 unspecified atom stereocenters. The van der Waals surface area contributed by atoms with Crippen molar-refractivity contribution < 1.29 is 4.74 Å². The lowest BCUT2D eigenvalue weighted by molar-refractivity contribution is 0.414. The number of rotatable bonds is 7. The molecule has 0 aliphatic carbocycles. The van der Waals surface area contributed by atoms with Gasteiger partial charge in [0.15, 0.2) is 0 Å². The molecule has 0 atom stereocenters. The average Bonchev–Trinajstić information content (AvgIpc) is 2.91. The standard InChI is InChI=1S/C15H21N3O/c1-19-14-6-3-13(4-7-14)5-8-15-17-10-12-18(15)11-2-9-16/h3-4,6-7,10,12H,2,5,8-9,11,16H2,1H3. The molecule has 1 aromatic carbocycles. The molecule has 0 saturated carbocycles. The first kappa shape index (κ1) is 13.6. The molecule has 0 aliphatic rings. The zero-order valence-electron chi connectivity index (χ0n) is 11.4. The number of imidazole rings is 1. The second kappa shape index (κ2) is 6.95. The van der Waals surface area contributed by atoms with Gasteiger partial charge in [-0.1, -0.05) is 12.1 Å². The quantitative estimate of drug-likeness (QED) is 0.827. The molecule has 1 aromatic heterocycles. The molecule has 4 heteroatoms. The maximum Gasteiger partial charge on any atom is 0.118 e. The van der Waals surface area contributed by atoms with Crippen molar-refractivity contribution in [3.8, 4) is 5.75 Å². The summed E-state index contributed by atoms with van der Waals surface area (Å²) in [4.78, 5) is 4.42. The molecular weight excluding hydrogens is 238 g/mol. The minimum atomic E-state index is 0.718. The maximum atomic E-state index is 5.54. The van der Waals surface area contributed by atoms with Gasteiger partial charge in [-0.25, -0.2) is 4.98 Å². The lowest BCUT2D eigenvalue weighted by atomic mass is 10.1. The highest BCUT2D eigenvalue weighted by Gasteiger charge is 2.03. The third kappa shape index (κ3) is 3.83. The van der Waals surface area contributed by atoms with Crippen LogP contribution in [0, 0.1) is 0 Å². The Morgan fingerprint density at radius 3 is 2.68 bits per heavy atom. The summed E-state index contributed by atoms with van der Waals surface area (Å²) in [5, 5.41) is 0. The van der Waals surface area contributed by atoms with Crippen LogP contribution in [0.3, 0.4) is 0 Å². The molecule has 4 nitrogen and oxygen atoms in total. The Bertz CT molecular complexity index is 490. The van der Waals surface area contributed by atoms with Crippen LogP contribution in [0.4, 0.5) is 0 Å². The van der Waals surface area contributed by atoms with E-state index in [4.69, 9.17) is 10.5 Å². The lowest BCUT2D eigenvalue weighted by Gasteiger charge is -2.07. The second-order valence-electron chi connectivity index (χ2n) is 4.53. The summed E-state index contributed by atoms with van der Waals surface area (Å²) in [7, 11) is 1.68. The van der Waals surface area contributed by atoms with Gasteiger partial charge in [0.05, 0.1) is 7.11 Å². The Hall–Kier alpha value is -1.81. The SMILES string of the molecule is COc1ccc(CCc2nccn2CCCN)cc1. The van der Waals surface area contributed by atoms with E-state index in [0.29, 0.717) is 0 Å². The Balaban J connectivity index is 1.92. The van der Waals surface area contributed by atoms with Crippen molar-refractivity contribution in [1.29, 1.82) is 0 Å². The van der Waals surface area contributed by atoms with Gasteiger partial charge < -0.3 is 15.0 Å². The second-order valence-corrected chi connectivity index (χ2v) is 4.53. The van der Waals surface area contributed by atoms with Gasteiger partial charge >= 0.3 is 0 Å². The highest BCUT2D eigenvalue weighted by molar-refractivity contribution is 5.27. The van der Waals surface area contributed by atoms with E-state index < -0.39 is 0 Å². The van der Waals surface area contributed by atoms with Crippen LogP contribution < -0.4 is 10.5 Å². The topological polar surface area (TPSA) is 53.1 Å². The van der Waals surface area contributed by atoms with Crippen molar-refractivity contribution in [1.82, 2.24) is 9.55 Å². The van der Waals surface area contributed by atoms with E-state index in [1.54, 1.807) is 7.11 Å². The largest absolute Gasteiger partial charge is 0.497 e. The van der Waals surface area contributed by atoms with Crippen molar-refractivity contribution in [2.75, 3.05) is 13.7 Å². The number of ether oxygens (including phenoxy) is 1. The smallest absolute Gasteiger partial charge is 0.118 e. The summed E-state index contributed by atoms with van der Waals surface area (Å²) in [5.74, 6) is 2.03. The fourth-order valence-electron chi connectivity index (χ4n) is 2.08. The van der Waals surface area contributed by atoms with Crippen molar-refractivity contribution in [3.05, 3.63) is 48.0 Å². The van der Waals surface area contributed by atoms with Crippen molar-refractivity contribution in [2.45, 2.75) is 25.8 Å². The van der Waals surface area contributed by atoms with Crippen LogP contribution in [0.1, 0.15) is 17.8 Å². The third-order valence-electron chi connectivity index (χ3n) is 3.20. The van der Waals surface area contributed by atoms with E-state index >= 15 is 0 Å². The molecule has 2 rings (SSSR count). The Labute approximate surface area is 114 Å². The Kier molecular flexibility index (Phi) is 4.98. The predicted molar refractivity (Wildman–Crippen MR) is 76.3 cm³/mol. The molecule has 102 valence electrons. The first-order valence-electron chi connectivity index (χ1n) is 6.66. The minimum absolute atomic E-state index is 0.718. The van der Waals surface area contributed by atoms with E-state index in [9.17, 15) is 0 Å². The summed E-state index contributed by atoms with van der Waals surface area (Å²) in [6, 6.07) is 8.20. The fourth-order valence-corrected chi connectivity index (χ4v) is 2.08. The van der Waals surface area contributed by atoms with Gasteiger partial charge in [0.25, 0.3) is 0 Å². The summed E-state index contributed by atoms with van der Waals surface area (Å²) >= 11 is 0. The van der Waals surface area contributed by atoms with Crippen LogP contribution in [0.2, 0.25) is 0 Å². The average molecular weight is 259 g/mol. The summed E-state index contributed by atoms with van der Waals surface area (Å²) < 4.78 is 7.35. The fraction of sp³-hybridized carbons (Fsp3) is 0.400. The van der Waals surface area contributed by atoms with Crippen LogP contribution in [0.5, 0.6) is 5.75 Å². The number of hydrogen-bond donors (Lipinski definition) is 1. The molecule has 2 aromatic rings. The van der Waals surface area contributed by atoms with E-state index in [0.717, 1.165) is 43.9 Å². The van der Waals surface area contributed by atoms with Gasteiger partial charge in [-0.2, -0.15) is 0 Å². The molecule has 0 spiro atoms. The maximum absolute atomic E-state index is 5.54. The predicted octanol–water partition coefficient (Wildman–Crippen LogP) is 2.03. The monoisotopic (exact) mass is 259 g/mol. The first-order valence-corrected chi connectivity index (χ1v) is 6.66. The van der Waals surface area contributed by atoms with Crippen molar-refractivity contribution in [2.24, 2.45) is 5.73 Å². The molecule has 0 amide bonds. The van der Waals surface area contributed by atoms with Crippen molar-refractivity contribution in [3.63, 3.8) is 0 Å². The van der Waals surface area contributed by atoms with Gasteiger partial charge in [-0.15, -0.1) is 0 Å². The Morgan fingerprint density at radius 2 is 2.00 bits per heavy atom. The van der Waals surface area contributed by atoms with Crippen LogP contribution in [0.25, 0.3) is 0 Å². The number of nitrogens with two attached hydrogens (primary N) is 1. The van der Waals surface area contributed by atoms with Gasteiger partial charge in [0.1, 0.15) is 11.6 Å².